The zero-order valence-electron chi connectivity index (χ0n) is 15.2. The zero-order chi connectivity index (χ0) is 17.4. The molecule has 2 aromatic rings. The van der Waals surface area contributed by atoms with Crippen molar-refractivity contribution in [3.63, 3.8) is 0 Å². The number of ether oxygens (including phenoxy) is 2. The molecule has 0 aliphatic carbocycles. The van der Waals surface area contributed by atoms with Gasteiger partial charge in [0.05, 0.1) is 12.7 Å². The highest BCUT2D eigenvalue weighted by atomic mass is 16.5. The Bertz CT molecular complexity index is 605. The molecule has 0 radical (unpaired) electrons. The molecule has 0 aliphatic rings. The van der Waals surface area contributed by atoms with Crippen molar-refractivity contribution >= 4 is 5.69 Å². The topological polar surface area (TPSA) is 30.5 Å². The van der Waals surface area contributed by atoms with Gasteiger partial charge in [-0.2, -0.15) is 0 Å². The molecule has 0 amide bonds. The van der Waals surface area contributed by atoms with Gasteiger partial charge >= 0.3 is 0 Å². The summed E-state index contributed by atoms with van der Waals surface area (Å²) in [6.07, 6.45) is 1.27. The van der Waals surface area contributed by atoms with Crippen molar-refractivity contribution in [2.45, 2.75) is 46.8 Å². The van der Waals surface area contributed by atoms with Crippen LogP contribution in [0.5, 0.6) is 11.5 Å². The average molecular weight is 327 g/mol. The Labute approximate surface area is 146 Å². The highest BCUT2D eigenvalue weighted by Gasteiger charge is 2.01. The first kappa shape index (κ1) is 18.2. The lowest BCUT2D eigenvalue weighted by atomic mass is 10.1. The maximum atomic E-state index is 5.74. The fourth-order valence-corrected chi connectivity index (χ4v) is 2.29. The Morgan fingerprint density at radius 2 is 1.67 bits per heavy atom. The van der Waals surface area contributed by atoms with Gasteiger partial charge in [-0.05, 0) is 68.1 Å². The third kappa shape index (κ3) is 6.53. The quantitative estimate of drug-likeness (QED) is 0.658. The number of anilines is 1. The Morgan fingerprint density at radius 3 is 2.33 bits per heavy atom. The van der Waals surface area contributed by atoms with Gasteiger partial charge < -0.3 is 14.8 Å². The molecule has 2 aromatic carbocycles. The van der Waals surface area contributed by atoms with Crippen molar-refractivity contribution in [2.75, 3.05) is 11.9 Å². The molecule has 0 unspecified atom stereocenters. The molecule has 1 N–H and O–H groups in total. The lowest BCUT2D eigenvalue weighted by molar-refractivity contribution is 0.242. The van der Waals surface area contributed by atoms with E-state index in [-0.39, 0.29) is 6.10 Å². The van der Waals surface area contributed by atoms with Gasteiger partial charge in [-0.1, -0.05) is 26.0 Å². The van der Waals surface area contributed by atoms with Crippen LogP contribution in [0.25, 0.3) is 0 Å². The normalized spacial score (nSPS) is 10.9. The van der Waals surface area contributed by atoms with E-state index in [0.717, 1.165) is 36.8 Å². The van der Waals surface area contributed by atoms with E-state index in [2.05, 4.69) is 43.4 Å². The maximum absolute atomic E-state index is 5.74. The van der Waals surface area contributed by atoms with E-state index in [1.807, 2.05) is 38.1 Å². The SMILES string of the molecule is CC(C)CCOc1ccc(NCc2cccc(OC(C)C)c2)cc1. The lowest BCUT2D eigenvalue weighted by Gasteiger charge is -2.12. The third-order valence-electron chi connectivity index (χ3n) is 3.59. The molecule has 0 bridgehead atoms. The molecule has 0 spiro atoms. The highest BCUT2D eigenvalue weighted by molar-refractivity contribution is 5.47. The Hall–Kier alpha value is -2.16. The average Bonchev–Trinajstić information content (AvgIpc) is 2.53. The molecule has 0 atom stereocenters. The van der Waals surface area contributed by atoms with Gasteiger partial charge in [-0.25, -0.2) is 0 Å². The number of benzene rings is 2. The molecule has 0 saturated carbocycles. The second-order valence-corrected chi connectivity index (χ2v) is 6.72. The highest BCUT2D eigenvalue weighted by Crippen LogP contribution is 2.19. The smallest absolute Gasteiger partial charge is 0.120 e. The number of nitrogens with one attached hydrogen (secondary N) is 1. The van der Waals surface area contributed by atoms with Crippen LogP contribution >= 0.6 is 0 Å². The molecule has 130 valence electrons. The molecule has 3 heteroatoms. The van der Waals surface area contributed by atoms with E-state index in [0.29, 0.717) is 5.92 Å². The van der Waals surface area contributed by atoms with Crippen molar-refractivity contribution in [1.82, 2.24) is 0 Å². The molecule has 0 heterocycles. The van der Waals surface area contributed by atoms with Gasteiger partial charge in [-0.15, -0.1) is 0 Å². The zero-order valence-corrected chi connectivity index (χ0v) is 15.2. The van der Waals surface area contributed by atoms with Crippen molar-refractivity contribution in [3.05, 3.63) is 54.1 Å². The predicted molar refractivity (Wildman–Crippen MR) is 101 cm³/mol. The van der Waals surface area contributed by atoms with Crippen molar-refractivity contribution in [2.24, 2.45) is 5.92 Å². The van der Waals surface area contributed by atoms with Crippen LogP contribution in [-0.4, -0.2) is 12.7 Å². The Kier molecular flexibility index (Phi) is 6.98. The first-order valence-corrected chi connectivity index (χ1v) is 8.75. The van der Waals surface area contributed by atoms with Crippen molar-refractivity contribution in [3.8, 4) is 11.5 Å². The van der Waals surface area contributed by atoms with E-state index < -0.39 is 0 Å². The van der Waals surface area contributed by atoms with Crippen molar-refractivity contribution < 1.29 is 9.47 Å². The maximum Gasteiger partial charge on any atom is 0.120 e. The van der Waals surface area contributed by atoms with Crippen LogP contribution in [0.3, 0.4) is 0 Å². The van der Waals surface area contributed by atoms with Crippen LogP contribution in [0.15, 0.2) is 48.5 Å². The minimum Gasteiger partial charge on any atom is -0.494 e. The number of hydrogen-bond acceptors (Lipinski definition) is 3. The van der Waals surface area contributed by atoms with Gasteiger partial charge in [-0.3, -0.25) is 0 Å². The van der Waals surface area contributed by atoms with E-state index in [1.165, 1.54) is 5.56 Å². The van der Waals surface area contributed by atoms with Crippen LogP contribution in [0.4, 0.5) is 5.69 Å². The molecule has 3 nitrogen and oxygen atoms in total. The molecule has 24 heavy (non-hydrogen) atoms. The summed E-state index contributed by atoms with van der Waals surface area (Å²) in [5, 5.41) is 3.43. The first-order chi connectivity index (χ1) is 11.5. The summed E-state index contributed by atoms with van der Waals surface area (Å²) in [4.78, 5) is 0. The molecule has 0 aliphatic heterocycles. The standard InChI is InChI=1S/C21H29NO2/c1-16(2)12-13-23-20-10-8-19(9-11-20)22-15-18-6-5-7-21(14-18)24-17(3)4/h5-11,14,16-17,22H,12-13,15H2,1-4H3. The van der Waals surface area contributed by atoms with Crippen LogP contribution in [0, 0.1) is 5.92 Å². The Morgan fingerprint density at radius 1 is 0.917 bits per heavy atom. The summed E-state index contributed by atoms with van der Waals surface area (Å²) in [5.41, 5.74) is 2.28. The largest absolute Gasteiger partial charge is 0.494 e. The second kappa shape index (κ2) is 9.21. The second-order valence-electron chi connectivity index (χ2n) is 6.72. The molecule has 0 fully saturated rings. The van der Waals surface area contributed by atoms with Crippen LogP contribution in [-0.2, 0) is 6.54 Å². The van der Waals surface area contributed by atoms with E-state index in [1.54, 1.807) is 0 Å². The summed E-state index contributed by atoms with van der Waals surface area (Å²) < 4.78 is 11.5. The molecule has 0 saturated heterocycles. The van der Waals surface area contributed by atoms with E-state index >= 15 is 0 Å². The van der Waals surface area contributed by atoms with Crippen LogP contribution in [0.1, 0.15) is 39.7 Å². The molecule has 0 aromatic heterocycles. The summed E-state index contributed by atoms with van der Waals surface area (Å²) in [6.45, 7) is 10.0. The van der Waals surface area contributed by atoms with Crippen molar-refractivity contribution in [1.29, 1.82) is 0 Å². The summed E-state index contributed by atoms with van der Waals surface area (Å²) in [6, 6.07) is 16.3. The lowest BCUT2D eigenvalue weighted by Crippen LogP contribution is -2.06. The predicted octanol–water partition coefficient (Wildman–Crippen LogP) is 5.51. The minimum absolute atomic E-state index is 0.191. The fourth-order valence-electron chi connectivity index (χ4n) is 2.29. The summed E-state index contributed by atoms with van der Waals surface area (Å²) in [7, 11) is 0. The van der Waals surface area contributed by atoms with Gasteiger partial charge in [0.15, 0.2) is 0 Å². The van der Waals surface area contributed by atoms with Gasteiger partial charge in [0.25, 0.3) is 0 Å². The first-order valence-electron chi connectivity index (χ1n) is 8.75. The minimum atomic E-state index is 0.191. The molecular weight excluding hydrogens is 298 g/mol. The Balaban J connectivity index is 1.83. The van der Waals surface area contributed by atoms with E-state index in [4.69, 9.17) is 9.47 Å². The molecule has 2 rings (SSSR count). The summed E-state index contributed by atoms with van der Waals surface area (Å²) >= 11 is 0. The monoisotopic (exact) mass is 327 g/mol. The van der Waals surface area contributed by atoms with E-state index in [9.17, 15) is 0 Å². The summed E-state index contributed by atoms with van der Waals surface area (Å²) in [5.74, 6) is 2.51. The van der Waals surface area contributed by atoms with Crippen LogP contribution < -0.4 is 14.8 Å². The fraction of sp³-hybridized carbons (Fsp3) is 0.429. The van der Waals surface area contributed by atoms with Gasteiger partial charge in [0, 0.05) is 12.2 Å². The van der Waals surface area contributed by atoms with Gasteiger partial charge in [0.2, 0.25) is 0 Å². The van der Waals surface area contributed by atoms with Crippen LogP contribution in [0.2, 0.25) is 0 Å². The van der Waals surface area contributed by atoms with Gasteiger partial charge in [0.1, 0.15) is 11.5 Å². The molecular formula is C21H29NO2. The third-order valence-corrected chi connectivity index (χ3v) is 3.59. The number of hydrogen-bond donors (Lipinski definition) is 1. The number of rotatable bonds is 9.